The zero-order valence-electron chi connectivity index (χ0n) is 8.51. The van der Waals surface area contributed by atoms with Crippen LogP contribution in [-0.2, 0) is 4.79 Å². The molecule has 0 saturated carbocycles. The van der Waals surface area contributed by atoms with Crippen LogP contribution in [0.1, 0.15) is 20.8 Å². The van der Waals surface area contributed by atoms with Gasteiger partial charge in [0.1, 0.15) is 0 Å². The second-order valence-corrected chi connectivity index (χ2v) is 4.21. The SMILES string of the molecule is CN(C)NC(=O)[C@@H](N)C(C)(C)C. The molecule has 12 heavy (non-hydrogen) atoms. The fraction of sp³-hybridized carbons (Fsp3) is 0.875. The lowest BCUT2D eigenvalue weighted by molar-refractivity contribution is -0.128. The minimum Gasteiger partial charge on any atom is -0.319 e. The number of hydrazine groups is 1. The molecule has 3 N–H and O–H groups in total. The number of nitrogens with two attached hydrogens (primary N) is 1. The Balaban J connectivity index is 4.12. The third-order valence-electron chi connectivity index (χ3n) is 1.55. The minimum absolute atomic E-state index is 0.146. The van der Waals surface area contributed by atoms with Crippen LogP contribution in [0.25, 0.3) is 0 Å². The quantitative estimate of drug-likeness (QED) is 0.576. The van der Waals surface area contributed by atoms with Gasteiger partial charge in [-0.05, 0) is 5.41 Å². The number of nitrogens with one attached hydrogen (secondary N) is 1. The molecule has 0 radical (unpaired) electrons. The molecule has 72 valence electrons. The highest BCUT2D eigenvalue weighted by atomic mass is 16.2. The first-order valence-corrected chi connectivity index (χ1v) is 3.98. The van der Waals surface area contributed by atoms with Crippen LogP contribution in [0.5, 0.6) is 0 Å². The number of amides is 1. The van der Waals surface area contributed by atoms with Crippen molar-refractivity contribution in [3.05, 3.63) is 0 Å². The number of carbonyl (C=O) groups is 1. The average Bonchev–Trinajstić information content (AvgIpc) is 1.82. The van der Waals surface area contributed by atoms with Crippen molar-refractivity contribution in [3.63, 3.8) is 0 Å². The number of hydrogen-bond donors (Lipinski definition) is 2. The number of rotatable bonds is 2. The maximum atomic E-state index is 11.3. The summed E-state index contributed by atoms with van der Waals surface area (Å²) in [5.41, 5.74) is 8.13. The molecule has 0 aromatic rings. The zero-order chi connectivity index (χ0) is 9.94. The zero-order valence-corrected chi connectivity index (χ0v) is 8.51. The molecule has 0 aliphatic rings. The Labute approximate surface area is 74.1 Å². The molecule has 0 aromatic carbocycles. The smallest absolute Gasteiger partial charge is 0.251 e. The highest BCUT2D eigenvalue weighted by Gasteiger charge is 2.27. The van der Waals surface area contributed by atoms with Crippen molar-refractivity contribution in [2.45, 2.75) is 26.8 Å². The van der Waals surface area contributed by atoms with E-state index in [4.69, 9.17) is 5.73 Å². The van der Waals surface area contributed by atoms with Gasteiger partial charge in [0.25, 0.3) is 5.91 Å². The third kappa shape index (κ3) is 3.69. The van der Waals surface area contributed by atoms with Crippen molar-refractivity contribution in [1.29, 1.82) is 0 Å². The van der Waals surface area contributed by atoms with Gasteiger partial charge in [0.05, 0.1) is 6.04 Å². The standard InChI is InChI=1S/C8H19N3O/c1-8(2,3)6(9)7(12)10-11(4)5/h6H,9H2,1-5H3,(H,10,12)/t6-/m1/s1. The second-order valence-electron chi connectivity index (χ2n) is 4.21. The number of nitrogens with zero attached hydrogens (tertiary/aromatic N) is 1. The van der Waals surface area contributed by atoms with Gasteiger partial charge in [0.15, 0.2) is 0 Å². The van der Waals surface area contributed by atoms with Crippen LogP contribution < -0.4 is 11.2 Å². The van der Waals surface area contributed by atoms with Gasteiger partial charge in [-0.15, -0.1) is 0 Å². The Hall–Kier alpha value is -0.610. The van der Waals surface area contributed by atoms with Crippen molar-refractivity contribution in [1.82, 2.24) is 10.4 Å². The molecule has 0 fully saturated rings. The number of carbonyl (C=O) groups excluding carboxylic acids is 1. The first-order chi connectivity index (χ1) is 5.25. The molecule has 0 heterocycles. The average molecular weight is 173 g/mol. The molecule has 0 spiro atoms. The van der Waals surface area contributed by atoms with Crippen molar-refractivity contribution >= 4 is 5.91 Å². The lowest BCUT2D eigenvalue weighted by Crippen LogP contribution is -2.52. The second kappa shape index (κ2) is 3.87. The van der Waals surface area contributed by atoms with Crippen LogP contribution in [0.4, 0.5) is 0 Å². The maximum Gasteiger partial charge on any atom is 0.251 e. The minimum atomic E-state index is -0.472. The van der Waals surface area contributed by atoms with Crippen molar-refractivity contribution in [3.8, 4) is 0 Å². The Morgan fingerprint density at radius 2 is 1.83 bits per heavy atom. The lowest BCUT2D eigenvalue weighted by atomic mass is 9.87. The molecule has 4 heteroatoms. The Kier molecular flexibility index (Phi) is 3.67. The van der Waals surface area contributed by atoms with Crippen LogP contribution in [-0.4, -0.2) is 31.1 Å². The fourth-order valence-corrected chi connectivity index (χ4v) is 0.683. The first kappa shape index (κ1) is 11.4. The molecule has 0 aliphatic carbocycles. The summed E-state index contributed by atoms with van der Waals surface area (Å²) in [7, 11) is 3.51. The summed E-state index contributed by atoms with van der Waals surface area (Å²) < 4.78 is 0. The summed E-state index contributed by atoms with van der Waals surface area (Å²) in [5, 5.41) is 1.59. The normalized spacial score (nSPS) is 14.6. The summed E-state index contributed by atoms with van der Waals surface area (Å²) in [6.07, 6.45) is 0. The van der Waals surface area contributed by atoms with Crippen LogP contribution in [0, 0.1) is 5.41 Å². The van der Waals surface area contributed by atoms with E-state index in [1.165, 1.54) is 0 Å². The van der Waals surface area contributed by atoms with Crippen molar-refractivity contribution in [2.75, 3.05) is 14.1 Å². The molecule has 0 aliphatic heterocycles. The molecule has 0 aromatic heterocycles. The predicted molar refractivity (Wildman–Crippen MR) is 49.3 cm³/mol. The van der Waals surface area contributed by atoms with E-state index >= 15 is 0 Å². The van der Waals surface area contributed by atoms with E-state index in [0.717, 1.165) is 0 Å². The summed E-state index contributed by atoms with van der Waals surface area (Å²) in [5.74, 6) is -0.146. The van der Waals surface area contributed by atoms with E-state index in [0.29, 0.717) is 0 Å². The predicted octanol–water partition coefficient (Wildman–Crippen LogP) is -0.0474. The molecule has 0 bridgehead atoms. The number of hydrogen-bond acceptors (Lipinski definition) is 3. The van der Waals surface area contributed by atoms with E-state index in [1.54, 1.807) is 19.1 Å². The Bertz CT molecular complexity index is 160. The highest BCUT2D eigenvalue weighted by Crippen LogP contribution is 2.16. The molecule has 0 rings (SSSR count). The van der Waals surface area contributed by atoms with Crippen molar-refractivity contribution < 1.29 is 4.79 Å². The molecule has 1 atom stereocenters. The van der Waals surface area contributed by atoms with Gasteiger partial charge >= 0.3 is 0 Å². The maximum absolute atomic E-state index is 11.3. The van der Waals surface area contributed by atoms with E-state index in [1.807, 2.05) is 20.8 Å². The van der Waals surface area contributed by atoms with Gasteiger partial charge in [-0.1, -0.05) is 20.8 Å². The molecular formula is C8H19N3O. The molecule has 1 amide bonds. The van der Waals surface area contributed by atoms with Gasteiger partial charge in [-0.3, -0.25) is 10.2 Å². The first-order valence-electron chi connectivity index (χ1n) is 3.98. The van der Waals surface area contributed by atoms with Crippen molar-refractivity contribution in [2.24, 2.45) is 11.1 Å². The van der Waals surface area contributed by atoms with Gasteiger partial charge in [0, 0.05) is 14.1 Å². The summed E-state index contributed by atoms with van der Waals surface area (Å²) in [6.45, 7) is 5.81. The van der Waals surface area contributed by atoms with Crippen LogP contribution in [0.15, 0.2) is 0 Å². The molecule has 4 nitrogen and oxygen atoms in total. The summed E-state index contributed by atoms with van der Waals surface area (Å²) >= 11 is 0. The molecular weight excluding hydrogens is 154 g/mol. The Morgan fingerprint density at radius 3 is 2.08 bits per heavy atom. The van der Waals surface area contributed by atoms with Gasteiger partial charge in [-0.2, -0.15) is 0 Å². The van der Waals surface area contributed by atoms with Gasteiger partial charge < -0.3 is 5.73 Å². The van der Waals surface area contributed by atoms with Gasteiger partial charge in [0.2, 0.25) is 0 Å². The summed E-state index contributed by atoms with van der Waals surface area (Å²) in [6, 6.07) is -0.472. The lowest BCUT2D eigenvalue weighted by Gasteiger charge is -2.27. The molecule has 0 unspecified atom stereocenters. The fourth-order valence-electron chi connectivity index (χ4n) is 0.683. The third-order valence-corrected chi connectivity index (χ3v) is 1.55. The van der Waals surface area contributed by atoms with E-state index in [-0.39, 0.29) is 11.3 Å². The van der Waals surface area contributed by atoms with Gasteiger partial charge in [-0.25, -0.2) is 5.01 Å². The summed E-state index contributed by atoms with van der Waals surface area (Å²) in [4.78, 5) is 11.3. The monoisotopic (exact) mass is 173 g/mol. The van der Waals surface area contributed by atoms with Crippen LogP contribution >= 0.6 is 0 Å². The largest absolute Gasteiger partial charge is 0.319 e. The van der Waals surface area contributed by atoms with Crippen LogP contribution in [0.2, 0.25) is 0 Å². The van der Waals surface area contributed by atoms with Crippen LogP contribution in [0.3, 0.4) is 0 Å². The molecule has 0 saturated heterocycles. The van der Waals surface area contributed by atoms with E-state index in [2.05, 4.69) is 5.43 Å². The highest BCUT2D eigenvalue weighted by molar-refractivity contribution is 5.81. The van der Waals surface area contributed by atoms with E-state index < -0.39 is 6.04 Å². The topological polar surface area (TPSA) is 58.4 Å². The van der Waals surface area contributed by atoms with E-state index in [9.17, 15) is 4.79 Å². The Morgan fingerprint density at radius 1 is 1.42 bits per heavy atom.